The first-order valence-corrected chi connectivity index (χ1v) is 5.80. The van der Waals surface area contributed by atoms with Crippen LogP contribution in [0.3, 0.4) is 0 Å². The van der Waals surface area contributed by atoms with Crippen molar-refractivity contribution < 1.29 is 0 Å². The summed E-state index contributed by atoms with van der Waals surface area (Å²) in [5.41, 5.74) is 0. The third-order valence-electron chi connectivity index (χ3n) is 2.73. The first-order chi connectivity index (χ1) is 6.43. The summed E-state index contributed by atoms with van der Waals surface area (Å²) < 4.78 is 0. The smallest absolute Gasteiger partial charge is 0.0148 e. The zero-order valence-corrected chi connectivity index (χ0v) is 8.89. The fourth-order valence-electron chi connectivity index (χ4n) is 1.81. The number of nitrogens with zero attached hydrogens (tertiary/aromatic N) is 1. The highest BCUT2D eigenvalue weighted by molar-refractivity contribution is 4.73. The molecule has 0 aromatic carbocycles. The second kappa shape index (κ2) is 7.34. The van der Waals surface area contributed by atoms with Gasteiger partial charge in [-0.1, -0.05) is 26.2 Å². The van der Waals surface area contributed by atoms with E-state index in [1.807, 2.05) is 0 Å². The topological polar surface area (TPSA) is 26.1 Å². The van der Waals surface area contributed by atoms with Crippen molar-refractivity contribution in [2.45, 2.75) is 51.5 Å². The molecule has 13 heavy (non-hydrogen) atoms. The van der Waals surface area contributed by atoms with Gasteiger partial charge in [-0.05, 0) is 25.8 Å². The van der Waals surface area contributed by atoms with Crippen molar-refractivity contribution in [2.75, 3.05) is 19.6 Å². The zero-order valence-electron chi connectivity index (χ0n) is 8.89. The fraction of sp³-hybridized carbons (Fsp3) is 1.00. The molecule has 2 nitrogen and oxygen atoms in total. The SMILES string of the molecule is CCCCCCNC1CC[N]CC1. The number of hydrogen-bond acceptors (Lipinski definition) is 1. The first kappa shape index (κ1) is 11.0. The van der Waals surface area contributed by atoms with Crippen LogP contribution >= 0.6 is 0 Å². The van der Waals surface area contributed by atoms with Gasteiger partial charge >= 0.3 is 0 Å². The summed E-state index contributed by atoms with van der Waals surface area (Å²) in [6.45, 7) is 5.62. The maximum absolute atomic E-state index is 4.34. The van der Waals surface area contributed by atoms with Crippen LogP contribution in [0.15, 0.2) is 0 Å². The highest BCUT2D eigenvalue weighted by Crippen LogP contribution is 2.04. The highest BCUT2D eigenvalue weighted by Gasteiger charge is 2.11. The van der Waals surface area contributed by atoms with E-state index < -0.39 is 0 Å². The van der Waals surface area contributed by atoms with Gasteiger partial charge < -0.3 is 5.32 Å². The minimum atomic E-state index is 0.763. The molecule has 0 aromatic heterocycles. The van der Waals surface area contributed by atoms with E-state index in [2.05, 4.69) is 17.6 Å². The minimum absolute atomic E-state index is 0.763. The van der Waals surface area contributed by atoms with Gasteiger partial charge in [-0.25, -0.2) is 5.32 Å². The average Bonchev–Trinajstić information content (AvgIpc) is 2.19. The molecule has 1 radical (unpaired) electrons. The molecule has 1 N–H and O–H groups in total. The average molecular weight is 183 g/mol. The molecule has 0 saturated carbocycles. The van der Waals surface area contributed by atoms with Crippen LogP contribution in [-0.2, 0) is 0 Å². The van der Waals surface area contributed by atoms with Crippen molar-refractivity contribution in [1.82, 2.24) is 10.6 Å². The van der Waals surface area contributed by atoms with Crippen molar-refractivity contribution in [3.05, 3.63) is 0 Å². The van der Waals surface area contributed by atoms with E-state index in [-0.39, 0.29) is 0 Å². The Morgan fingerprint density at radius 2 is 1.92 bits per heavy atom. The Kier molecular flexibility index (Phi) is 6.21. The van der Waals surface area contributed by atoms with Crippen LogP contribution < -0.4 is 10.6 Å². The third-order valence-corrected chi connectivity index (χ3v) is 2.73. The zero-order chi connectivity index (χ0) is 9.36. The van der Waals surface area contributed by atoms with Gasteiger partial charge in [0.05, 0.1) is 0 Å². The van der Waals surface area contributed by atoms with Crippen molar-refractivity contribution in [3.8, 4) is 0 Å². The molecule has 0 atom stereocenters. The van der Waals surface area contributed by atoms with Crippen molar-refractivity contribution in [2.24, 2.45) is 0 Å². The monoisotopic (exact) mass is 183 g/mol. The summed E-state index contributed by atoms with van der Waals surface area (Å²) in [5, 5.41) is 7.97. The molecule has 1 heterocycles. The summed E-state index contributed by atoms with van der Waals surface area (Å²) in [6.07, 6.45) is 7.98. The predicted octanol–water partition coefficient (Wildman–Crippen LogP) is 1.92. The lowest BCUT2D eigenvalue weighted by atomic mass is 10.1. The Bertz CT molecular complexity index is 109. The number of unbranched alkanes of at least 4 members (excludes halogenated alkanes) is 3. The molecule has 1 aliphatic heterocycles. The first-order valence-electron chi connectivity index (χ1n) is 5.80. The maximum Gasteiger partial charge on any atom is 0.0148 e. The van der Waals surface area contributed by atoms with E-state index in [9.17, 15) is 0 Å². The van der Waals surface area contributed by atoms with Gasteiger partial charge in [0.2, 0.25) is 0 Å². The van der Waals surface area contributed by atoms with Crippen molar-refractivity contribution in [3.63, 3.8) is 0 Å². The van der Waals surface area contributed by atoms with E-state index in [0.29, 0.717) is 0 Å². The summed E-state index contributed by atoms with van der Waals surface area (Å²) in [7, 11) is 0. The molecule has 0 spiro atoms. The molecule has 77 valence electrons. The van der Waals surface area contributed by atoms with Crippen molar-refractivity contribution in [1.29, 1.82) is 0 Å². The van der Waals surface area contributed by atoms with Gasteiger partial charge in [0.25, 0.3) is 0 Å². The third kappa shape index (κ3) is 5.27. The van der Waals surface area contributed by atoms with Crippen LogP contribution in [0.25, 0.3) is 0 Å². The minimum Gasteiger partial charge on any atom is -0.314 e. The number of nitrogens with one attached hydrogen (secondary N) is 1. The Balaban J connectivity index is 1.86. The van der Waals surface area contributed by atoms with E-state index in [1.54, 1.807) is 0 Å². The lowest BCUT2D eigenvalue weighted by Crippen LogP contribution is -2.37. The van der Waals surface area contributed by atoms with E-state index in [4.69, 9.17) is 0 Å². The van der Waals surface area contributed by atoms with Gasteiger partial charge in [0, 0.05) is 19.1 Å². The largest absolute Gasteiger partial charge is 0.314 e. The summed E-state index contributed by atoms with van der Waals surface area (Å²) in [5.74, 6) is 0. The van der Waals surface area contributed by atoms with Gasteiger partial charge in [0.15, 0.2) is 0 Å². The van der Waals surface area contributed by atoms with Gasteiger partial charge in [-0.2, -0.15) is 0 Å². The van der Waals surface area contributed by atoms with Crippen LogP contribution in [0.5, 0.6) is 0 Å². The number of hydrogen-bond donors (Lipinski definition) is 1. The molecule has 2 heteroatoms. The van der Waals surface area contributed by atoms with Crippen LogP contribution in [0.1, 0.15) is 45.4 Å². The summed E-state index contributed by atoms with van der Waals surface area (Å²) >= 11 is 0. The van der Waals surface area contributed by atoms with Gasteiger partial charge in [0.1, 0.15) is 0 Å². The number of rotatable bonds is 6. The van der Waals surface area contributed by atoms with Crippen LogP contribution in [0.4, 0.5) is 0 Å². The molecular weight excluding hydrogens is 160 g/mol. The van der Waals surface area contributed by atoms with E-state index in [1.165, 1.54) is 45.1 Å². The predicted molar refractivity (Wildman–Crippen MR) is 57.0 cm³/mol. The standard InChI is InChI=1S/C11H23N2/c1-2-3-4-5-8-13-11-6-9-12-10-7-11/h11,13H,2-10H2,1H3. The molecule has 1 rings (SSSR count). The summed E-state index contributed by atoms with van der Waals surface area (Å²) in [4.78, 5) is 0. The second-order valence-corrected chi connectivity index (χ2v) is 3.96. The Morgan fingerprint density at radius 1 is 1.15 bits per heavy atom. The normalized spacial score (nSPS) is 19.2. The highest BCUT2D eigenvalue weighted by atomic mass is 15.0. The molecular formula is C11H23N2. The van der Waals surface area contributed by atoms with E-state index >= 15 is 0 Å². The molecule has 0 aromatic rings. The van der Waals surface area contributed by atoms with Gasteiger partial charge in [-0.15, -0.1) is 0 Å². The number of piperidine rings is 1. The Labute approximate surface area is 82.5 Å². The lowest BCUT2D eigenvalue weighted by molar-refractivity contribution is 0.379. The molecule has 0 unspecified atom stereocenters. The second-order valence-electron chi connectivity index (χ2n) is 3.96. The van der Waals surface area contributed by atoms with Crippen LogP contribution in [-0.4, -0.2) is 25.7 Å². The maximum atomic E-state index is 4.34. The molecule has 0 bridgehead atoms. The molecule has 0 aliphatic carbocycles. The lowest BCUT2D eigenvalue weighted by Gasteiger charge is -2.22. The molecule has 1 aliphatic rings. The molecule has 0 amide bonds. The summed E-state index contributed by atoms with van der Waals surface area (Å²) in [6, 6.07) is 0.763. The quantitative estimate of drug-likeness (QED) is 0.626. The molecule has 1 saturated heterocycles. The van der Waals surface area contributed by atoms with E-state index in [0.717, 1.165) is 19.1 Å². The van der Waals surface area contributed by atoms with Crippen molar-refractivity contribution >= 4 is 0 Å². The fourth-order valence-corrected chi connectivity index (χ4v) is 1.81. The Morgan fingerprint density at radius 3 is 2.62 bits per heavy atom. The van der Waals surface area contributed by atoms with Gasteiger partial charge in [-0.3, -0.25) is 0 Å². The van der Waals surface area contributed by atoms with Crippen LogP contribution in [0, 0.1) is 0 Å². The Hall–Kier alpha value is -0.0800. The van der Waals surface area contributed by atoms with Crippen LogP contribution in [0.2, 0.25) is 0 Å². The molecule has 1 fully saturated rings.